The number of amides is 1. The highest BCUT2D eigenvalue weighted by Crippen LogP contribution is 2.24. The van der Waals surface area contributed by atoms with Crippen LogP contribution >= 0.6 is 0 Å². The highest BCUT2D eigenvalue weighted by molar-refractivity contribution is 5.93. The molecule has 0 aliphatic carbocycles. The molecule has 0 fully saturated rings. The second-order valence-electron chi connectivity index (χ2n) is 5.90. The SMILES string of the molecule is Cc1ccc(C)c(CC(=O)Nc2ccccc2C(C)C)c1. The molecule has 21 heavy (non-hydrogen) atoms. The van der Waals surface area contributed by atoms with Gasteiger partial charge in [-0.15, -0.1) is 0 Å². The van der Waals surface area contributed by atoms with Gasteiger partial charge in [-0.2, -0.15) is 0 Å². The van der Waals surface area contributed by atoms with Crippen molar-refractivity contribution in [3.05, 3.63) is 64.7 Å². The van der Waals surface area contributed by atoms with E-state index in [2.05, 4.69) is 50.4 Å². The summed E-state index contributed by atoms with van der Waals surface area (Å²) in [6.45, 7) is 8.37. The van der Waals surface area contributed by atoms with E-state index in [0.717, 1.165) is 16.8 Å². The fraction of sp³-hybridized carbons (Fsp3) is 0.316. The smallest absolute Gasteiger partial charge is 0.228 e. The van der Waals surface area contributed by atoms with Gasteiger partial charge in [-0.25, -0.2) is 0 Å². The van der Waals surface area contributed by atoms with Gasteiger partial charge in [0.2, 0.25) is 5.91 Å². The fourth-order valence-electron chi connectivity index (χ4n) is 2.47. The maximum atomic E-state index is 12.3. The third-order valence-electron chi connectivity index (χ3n) is 3.71. The lowest BCUT2D eigenvalue weighted by molar-refractivity contribution is -0.115. The Bertz CT molecular complexity index is 644. The first-order valence-corrected chi connectivity index (χ1v) is 7.42. The number of hydrogen-bond donors (Lipinski definition) is 1. The standard InChI is InChI=1S/C19H23NO/c1-13(2)17-7-5-6-8-18(17)20-19(21)12-16-11-14(3)9-10-15(16)4/h5-11,13H,12H2,1-4H3,(H,20,21). The summed E-state index contributed by atoms with van der Waals surface area (Å²) < 4.78 is 0. The number of hydrogen-bond acceptors (Lipinski definition) is 1. The van der Waals surface area contributed by atoms with E-state index in [9.17, 15) is 4.79 Å². The lowest BCUT2D eigenvalue weighted by Gasteiger charge is -2.14. The Morgan fingerprint density at radius 1 is 1.10 bits per heavy atom. The summed E-state index contributed by atoms with van der Waals surface area (Å²) in [4.78, 5) is 12.3. The van der Waals surface area contributed by atoms with Crippen molar-refractivity contribution in [2.75, 3.05) is 5.32 Å². The first kappa shape index (κ1) is 15.3. The maximum Gasteiger partial charge on any atom is 0.228 e. The molecule has 0 bridgehead atoms. The number of carbonyl (C=O) groups is 1. The van der Waals surface area contributed by atoms with E-state index in [-0.39, 0.29) is 5.91 Å². The third-order valence-corrected chi connectivity index (χ3v) is 3.71. The van der Waals surface area contributed by atoms with Gasteiger partial charge in [0.1, 0.15) is 0 Å². The molecule has 2 aromatic rings. The van der Waals surface area contributed by atoms with Crippen molar-refractivity contribution in [3.63, 3.8) is 0 Å². The molecule has 1 N–H and O–H groups in total. The molecule has 110 valence electrons. The molecule has 2 rings (SSSR count). The molecular formula is C19H23NO. The predicted molar refractivity (Wildman–Crippen MR) is 88.8 cm³/mol. The topological polar surface area (TPSA) is 29.1 Å². The van der Waals surface area contributed by atoms with Crippen LogP contribution in [0.25, 0.3) is 0 Å². The Kier molecular flexibility index (Phi) is 4.79. The van der Waals surface area contributed by atoms with Gasteiger partial charge in [0, 0.05) is 5.69 Å². The number of benzene rings is 2. The average molecular weight is 281 g/mol. The molecule has 0 heterocycles. The van der Waals surface area contributed by atoms with E-state index in [1.54, 1.807) is 0 Å². The Balaban J connectivity index is 2.14. The zero-order valence-corrected chi connectivity index (χ0v) is 13.2. The van der Waals surface area contributed by atoms with E-state index >= 15 is 0 Å². The minimum absolute atomic E-state index is 0.0387. The molecule has 2 aromatic carbocycles. The van der Waals surface area contributed by atoms with Gasteiger partial charge < -0.3 is 5.32 Å². The molecule has 0 saturated heterocycles. The Labute approximate surface area is 127 Å². The van der Waals surface area contributed by atoms with Crippen molar-refractivity contribution in [2.45, 2.75) is 40.0 Å². The van der Waals surface area contributed by atoms with Gasteiger partial charge in [-0.1, -0.05) is 55.8 Å². The van der Waals surface area contributed by atoms with E-state index < -0.39 is 0 Å². The molecule has 2 nitrogen and oxygen atoms in total. The van der Waals surface area contributed by atoms with Crippen molar-refractivity contribution >= 4 is 11.6 Å². The van der Waals surface area contributed by atoms with Gasteiger partial charge in [-0.3, -0.25) is 4.79 Å². The second-order valence-corrected chi connectivity index (χ2v) is 5.90. The van der Waals surface area contributed by atoms with Crippen molar-refractivity contribution in [3.8, 4) is 0 Å². The summed E-state index contributed by atoms with van der Waals surface area (Å²) in [6, 6.07) is 14.2. The summed E-state index contributed by atoms with van der Waals surface area (Å²) in [5.74, 6) is 0.430. The molecule has 0 aliphatic heterocycles. The van der Waals surface area contributed by atoms with E-state index in [1.807, 2.05) is 25.1 Å². The van der Waals surface area contributed by atoms with Gasteiger partial charge in [0.05, 0.1) is 6.42 Å². The van der Waals surface area contributed by atoms with Crippen LogP contribution in [-0.4, -0.2) is 5.91 Å². The molecule has 0 aromatic heterocycles. The van der Waals surface area contributed by atoms with Crippen molar-refractivity contribution in [2.24, 2.45) is 0 Å². The molecule has 0 saturated carbocycles. The Morgan fingerprint density at radius 3 is 2.52 bits per heavy atom. The van der Waals surface area contributed by atoms with Crippen LogP contribution < -0.4 is 5.32 Å². The highest BCUT2D eigenvalue weighted by atomic mass is 16.1. The summed E-state index contributed by atoms with van der Waals surface area (Å²) >= 11 is 0. The van der Waals surface area contributed by atoms with Crippen LogP contribution in [-0.2, 0) is 11.2 Å². The van der Waals surface area contributed by atoms with E-state index in [4.69, 9.17) is 0 Å². The Hall–Kier alpha value is -2.09. The lowest BCUT2D eigenvalue weighted by atomic mass is 10.00. The quantitative estimate of drug-likeness (QED) is 0.871. The molecule has 1 amide bonds. The fourth-order valence-corrected chi connectivity index (χ4v) is 2.47. The third kappa shape index (κ3) is 3.94. The first-order valence-electron chi connectivity index (χ1n) is 7.42. The van der Waals surface area contributed by atoms with Crippen LogP contribution in [0.1, 0.15) is 42.0 Å². The van der Waals surface area contributed by atoms with Gasteiger partial charge >= 0.3 is 0 Å². The van der Waals surface area contributed by atoms with Crippen LogP contribution in [0.3, 0.4) is 0 Å². The maximum absolute atomic E-state index is 12.3. The van der Waals surface area contributed by atoms with Crippen LogP contribution in [0.4, 0.5) is 5.69 Å². The number of anilines is 1. The average Bonchev–Trinajstić information content (AvgIpc) is 2.43. The predicted octanol–water partition coefficient (Wildman–Crippen LogP) is 4.61. The molecule has 0 spiro atoms. The zero-order chi connectivity index (χ0) is 15.4. The number of nitrogens with one attached hydrogen (secondary N) is 1. The lowest BCUT2D eigenvalue weighted by Crippen LogP contribution is -2.16. The summed E-state index contributed by atoms with van der Waals surface area (Å²) in [7, 11) is 0. The minimum atomic E-state index is 0.0387. The van der Waals surface area contributed by atoms with Crippen LogP contribution in [0, 0.1) is 13.8 Å². The molecular weight excluding hydrogens is 258 g/mol. The highest BCUT2D eigenvalue weighted by Gasteiger charge is 2.10. The summed E-state index contributed by atoms with van der Waals surface area (Å²) in [5, 5.41) is 3.05. The van der Waals surface area contributed by atoms with Crippen LogP contribution in [0.15, 0.2) is 42.5 Å². The van der Waals surface area contributed by atoms with E-state index in [1.165, 1.54) is 11.1 Å². The van der Waals surface area contributed by atoms with Crippen LogP contribution in [0.5, 0.6) is 0 Å². The van der Waals surface area contributed by atoms with Crippen LogP contribution in [0.2, 0.25) is 0 Å². The van der Waals surface area contributed by atoms with Gasteiger partial charge in [0.25, 0.3) is 0 Å². The monoisotopic (exact) mass is 281 g/mol. The number of para-hydroxylation sites is 1. The second kappa shape index (κ2) is 6.57. The molecule has 0 unspecified atom stereocenters. The molecule has 0 radical (unpaired) electrons. The van der Waals surface area contributed by atoms with Gasteiger partial charge in [0.15, 0.2) is 0 Å². The van der Waals surface area contributed by atoms with E-state index in [0.29, 0.717) is 12.3 Å². The summed E-state index contributed by atoms with van der Waals surface area (Å²) in [5.41, 5.74) is 5.53. The zero-order valence-electron chi connectivity index (χ0n) is 13.2. The Morgan fingerprint density at radius 2 is 1.81 bits per heavy atom. The van der Waals surface area contributed by atoms with Gasteiger partial charge in [-0.05, 0) is 42.5 Å². The number of carbonyl (C=O) groups excluding carboxylic acids is 1. The molecule has 0 aliphatic rings. The molecule has 2 heteroatoms. The minimum Gasteiger partial charge on any atom is -0.326 e. The molecule has 0 atom stereocenters. The van der Waals surface area contributed by atoms with Crippen molar-refractivity contribution < 1.29 is 4.79 Å². The van der Waals surface area contributed by atoms with Crippen molar-refractivity contribution in [1.29, 1.82) is 0 Å². The van der Waals surface area contributed by atoms with Crippen molar-refractivity contribution in [1.82, 2.24) is 0 Å². The number of aryl methyl sites for hydroxylation is 2. The number of rotatable bonds is 4. The summed E-state index contributed by atoms with van der Waals surface area (Å²) in [6.07, 6.45) is 0.417. The normalized spacial score (nSPS) is 10.7. The first-order chi connectivity index (χ1) is 9.97. The largest absolute Gasteiger partial charge is 0.326 e.